The van der Waals surface area contributed by atoms with Crippen molar-refractivity contribution in [3.8, 4) is 0 Å². The standard InChI is InChI=1S/C12H16N2O3S/c1-6-5-18-11(13-6)12(2,3)14-9(15)7-4-8(7)10(16)17/h5,7-8H,4H2,1-3H3,(H,14,15)(H,16,17)/t7-,8+/m1/s1. The topological polar surface area (TPSA) is 79.3 Å². The van der Waals surface area contributed by atoms with Crippen molar-refractivity contribution in [1.29, 1.82) is 0 Å². The Bertz CT molecular complexity index is 495. The summed E-state index contributed by atoms with van der Waals surface area (Å²) in [5.74, 6) is -1.99. The fourth-order valence-corrected chi connectivity index (χ4v) is 2.73. The maximum Gasteiger partial charge on any atom is 0.307 e. The van der Waals surface area contributed by atoms with Crippen LogP contribution in [0.4, 0.5) is 0 Å². The summed E-state index contributed by atoms with van der Waals surface area (Å²) >= 11 is 1.50. The summed E-state index contributed by atoms with van der Waals surface area (Å²) in [6.45, 7) is 5.65. The van der Waals surface area contributed by atoms with Crippen LogP contribution in [0.2, 0.25) is 0 Å². The predicted molar refractivity (Wildman–Crippen MR) is 67.3 cm³/mol. The maximum absolute atomic E-state index is 11.9. The predicted octanol–water partition coefficient (Wildman–Crippen LogP) is 1.52. The molecule has 0 aliphatic heterocycles. The van der Waals surface area contributed by atoms with Crippen molar-refractivity contribution in [2.75, 3.05) is 0 Å². The van der Waals surface area contributed by atoms with Crippen LogP contribution in [0.25, 0.3) is 0 Å². The number of carbonyl (C=O) groups excluding carboxylic acids is 1. The largest absolute Gasteiger partial charge is 0.481 e. The second-order valence-electron chi connectivity index (χ2n) is 5.20. The summed E-state index contributed by atoms with van der Waals surface area (Å²) in [7, 11) is 0. The fraction of sp³-hybridized carbons (Fsp3) is 0.583. The molecule has 1 aliphatic rings. The lowest BCUT2D eigenvalue weighted by Gasteiger charge is -2.23. The molecule has 6 heteroatoms. The van der Waals surface area contributed by atoms with Gasteiger partial charge < -0.3 is 10.4 Å². The second kappa shape index (κ2) is 4.35. The monoisotopic (exact) mass is 268 g/mol. The number of hydrogen-bond donors (Lipinski definition) is 2. The van der Waals surface area contributed by atoms with Crippen molar-refractivity contribution in [1.82, 2.24) is 10.3 Å². The molecule has 0 saturated heterocycles. The van der Waals surface area contributed by atoms with Crippen molar-refractivity contribution in [2.24, 2.45) is 11.8 Å². The number of aromatic nitrogens is 1. The van der Waals surface area contributed by atoms with E-state index in [1.807, 2.05) is 26.2 Å². The van der Waals surface area contributed by atoms with Gasteiger partial charge in [-0.1, -0.05) is 0 Å². The number of hydrogen-bond acceptors (Lipinski definition) is 4. The van der Waals surface area contributed by atoms with Crippen LogP contribution in [-0.4, -0.2) is 22.0 Å². The number of aryl methyl sites for hydroxylation is 1. The van der Waals surface area contributed by atoms with Crippen molar-refractivity contribution < 1.29 is 14.7 Å². The van der Waals surface area contributed by atoms with E-state index in [1.54, 1.807) is 0 Å². The van der Waals surface area contributed by atoms with Gasteiger partial charge in [-0.05, 0) is 27.2 Å². The zero-order valence-corrected chi connectivity index (χ0v) is 11.4. The van der Waals surface area contributed by atoms with E-state index in [4.69, 9.17) is 5.11 Å². The third-order valence-electron chi connectivity index (χ3n) is 3.03. The molecule has 1 aromatic rings. The number of amides is 1. The molecule has 5 nitrogen and oxygen atoms in total. The SMILES string of the molecule is Cc1csc(C(C)(C)NC(=O)[C@@H]2C[C@@H]2C(=O)O)n1. The van der Waals surface area contributed by atoms with E-state index in [-0.39, 0.29) is 11.8 Å². The van der Waals surface area contributed by atoms with Gasteiger partial charge in [-0.2, -0.15) is 0 Å². The van der Waals surface area contributed by atoms with E-state index in [2.05, 4.69) is 10.3 Å². The summed E-state index contributed by atoms with van der Waals surface area (Å²) in [5.41, 5.74) is 0.369. The smallest absolute Gasteiger partial charge is 0.307 e. The molecule has 1 aliphatic carbocycles. The van der Waals surface area contributed by atoms with Gasteiger partial charge in [-0.15, -0.1) is 11.3 Å². The molecule has 0 aromatic carbocycles. The quantitative estimate of drug-likeness (QED) is 0.867. The minimum atomic E-state index is -0.891. The average molecular weight is 268 g/mol. The molecule has 0 spiro atoms. The number of nitrogens with zero attached hydrogens (tertiary/aromatic N) is 1. The zero-order valence-electron chi connectivity index (χ0n) is 10.6. The highest BCUT2D eigenvalue weighted by Gasteiger charge is 2.49. The lowest BCUT2D eigenvalue weighted by molar-refractivity contribution is -0.140. The molecule has 0 bridgehead atoms. The summed E-state index contributed by atoms with van der Waals surface area (Å²) in [6, 6.07) is 0. The molecule has 1 heterocycles. The third-order valence-corrected chi connectivity index (χ3v) is 4.32. The van der Waals surface area contributed by atoms with Gasteiger partial charge >= 0.3 is 5.97 Å². The molecule has 1 amide bonds. The van der Waals surface area contributed by atoms with Crippen LogP contribution in [0.3, 0.4) is 0 Å². The van der Waals surface area contributed by atoms with Crippen LogP contribution in [0.5, 0.6) is 0 Å². The van der Waals surface area contributed by atoms with Crippen molar-refractivity contribution >= 4 is 23.2 Å². The number of rotatable bonds is 4. The Morgan fingerprint density at radius 1 is 1.50 bits per heavy atom. The van der Waals surface area contributed by atoms with Gasteiger partial charge in [0.1, 0.15) is 5.01 Å². The molecular formula is C12H16N2O3S. The molecule has 1 aromatic heterocycles. The van der Waals surface area contributed by atoms with E-state index >= 15 is 0 Å². The van der Waals surface area contributed by atoms with Gasteiger partial charge in [0, 0.05) is 11.1 Å². The third kappa shape index (κ3) is 2.53. The summed E-state index contributed by atoms with van der Waals surface area (Å²) in [6.07, 6.45) is 0.439. The average Bonchev–Trinajstić information content (AvgIpc) is 2.94. The van der Waals surface area contributed by atoms with Crippen LogP contribution in [0, 0.1) is 18.8 Å². The van der Waals surface area contributed by atoms with Crippen molar-refractivity contribution in [3.63, 3.8) is 0 Å². The fourth-order valence-electron chi connectivity index (χ4n) is 1.85. The molecular weight excluding hydrogens is 252 g/mol. The van der Waals surface area contributed by atoms with E-state index < -0.39 is 17.4 Å². The first-order valence-corrected chi connectivity index (χ1v) is 6.66. The minimum Gasteiger partial charge on any atom is -0.481 e. The van der Waals surface area contributed by atoms with Crippen LogP contribution >= 0.6 is 11.3 Å². The molecule has 98 valence electrons. The Balaban J connectivity index is 2.01. The van der Waals surface area contributed by atoms with Gasteiger partial charge in [0.25, 0.3) is 0 Å². The first kappa shape index (κ1) is 13.0. The summed E-state index contributed by atoms with van der Waals surface area (Å²) in [5, 5.41) is 14.4. The second-order valence-corrected chi connectivity index (χ2v) is 6.05. The van der Waals surface area contributed by atoms with E-state index in [1.165, 1.54) is 11.3 Å². The van der Waals surface area contributed by atoms with Crippen LogP contribution in [-0.2, 0) is 15.1 Å². The number of carboxylic acids is 1. The molecule has 18 heavy (non-hydrogen) atoms. The molecule has 2 atom stereocenters. The van der Waals surface area contributed by atoms with E-state index in [0.717, 1.165) is 10.7 Å². The van der Waals surface area contributed by atoms with Crippen molar-refractivity contribution in [3.05, 3.63) is 16.1 Å². The molecule has 1 fully saturated rings. The highest BCUT2D eigenvalue weighted by molar-refractivity contribution is 7.09. The first-order valence-electron chi connectivity index (χ1n) is 5.78. The lowest BCUT2D eigenvalue weighted by Crippen LogP contribution is -2.42. The molecule has 2 N–H and O–H groups in total. The zero-order chi connectivity index (χ0) is 13.5. The van der Waals surface area contributed by atoms with Crippen LogP contribution in [0.1, 0.15) is 31.0 Å². The summed E-state index contributed by atoms with van der Waals surface area (Å²) in [4.78, 5) is 27.0. The summed E-state index contributed by atoms with van der Waals surface area (Å²) < 4.78 is 0. The highest BCUT2D eigenvalue weighted by atomic mass is 32.1. The Hall–Kier alpha value is -1.43. The molecule has 1 saturated carbocycles. The van der Waals surface area contributed by atoms with Gasteiger partial charge in [0.2, 0.25) is 5.91 Å². The van der Waals surface area contributed by atoms with Gasteiger partial charge in [-0.25, -0.2) is 4.98 Å². The minimum absolute atomic E-state index is 0.194. The van der Waals surface area contributed by atoms with E-state index in [0.29, 0.717) is 6.42 Å². The first-order chi connectivity index (χ1) is 8.31. The lowest BCUT2D eigenvalue weighted by atomic mass is 10.1. The Morgan fingerprint density at radius 3 is 2.61 bits per heavy atom. The number of aliphatic carboxylic acids is 1. The van der Waals surface area contributed by atoms with Gasteiger partial charge in [0.05, 0.1) is 17.4 Å². The number of carboxylic acid groups (broad SMARTS) is 1. The normalized spacial score (nSPS) is 22.6. The Morgan fingerprint density at radius 2 is 2.17 bits per heavy atom. The Labute approximate surface area is 109 Å². The maximum atomic E-state index is 11.9. The van der Waals surface area contributed by atoms with Crippen LogP contribution in [0.15, 0.2) is 5.38 Å². The molecule has 0 unspecified atom stereocenters. The number of carbonyl (C=O) groups is 2. The van der Waals surface area contributed by atoms with Crippen LogP contribution < -0.4 is 5.32 Å². The number of thiazole rings is 1. The van der Waals surface area contributed by atoms with Gasteiger partial charge in [-0.3, -0.25) is 9.59 Å². The van der Waals surface area contributed by atoms with Crippen molar-refractivity contribution in [2.45, 2.75) is 32.7 Å². The molecule has 2 rings (SSSR count). The Kier molecular flexibility index (Phi) is 3.14. The molecule has 0 radical (unpaired) electrons. The van der Waals surface area contributed by atoms with Gasteiger partial charge in [0.15, 0.2) is 0 Å². The van der Waals surface area contributed by atoms with E-state index in [9.17, 15) is 9.59 Å². The highest BCUT2D eigenvalue weighted by Crippen LogP contribution is 2.39. The number of nitrogens with one attached hydrogen (secondary N) is 1.